The molecule has 162 valence electrons. The summed E-state index contributed by atoms with van der Waals surface area (Å²) in [6.45, 7) is 4.49. The third kappa shape index (κ3) is 4.08. The molecule has 5 nitrogen and oxygen atoms in total. The van der Waals surface area contributed by atoms with E-state index < -0.39 is 5.82 Å². The lowest BCUT2D eigenvalue weighted by Gasteiger charge is -2.29. The molecular formula is C25H22ClFN4O. The van der Waals surface area contributed by atoms with Gasteiger partial charge in [-0.15, -0.1) is 0 Å². The number of aromatic nitrogens is 4. The Morgan fingerprint density at radius 1 is 1.00 bits per heavy atom. The smallest absolute Gasteiger partial charge is 0.163 e. The van der Waals surface area contributed by atoms with Crippen molar-refractivity contribution in [1.29, 1.82) is 0 Å². The maximum absolute atomic E-state index is 14.8. The third-order valence-corrected chi connectivity index (χ3v) is 6.08. The van der Waals surface area contributed by atoms with E-state index >= 15 is 0 Å². The van der Waals surface area contributed by atoms with Crippen molar-refractivity contribution < 1.29 is 9.13 Å². The summed E-state index contributed by atoms with van der Waals surface area (Å²) < 4.78 is 20.9. The number of ether oxygens (including phenoxy) is 1. The second-order valence-electron chi connectivity index (χ2n) is 8.19. The van der Waals surface area contributed by atoms with Crippen LogP contribution in [0.1, 0.15) is 47.6 Å². The van der Waals surface area contributed by atoms with E-state index in [9.17, 15) is 4.39 Å². The fraction of sp³-hybridized carbons (Fsp3) is 0.280. The van der Waals surface area contributed by atoms with Crippen LogP contribution < -0.4 is 0 Å². The van der Waals surface area contributed by atoms with Crippen LogP contribution in [0.2, 0.25) is 5.02 Å². The Kier molecular flexibility index (Phi) is 5.57. The summed E-state index contributed by atoms with van der Waals surface area (Å²) in [6.07, 6.45) is 3.28. The molecule has 1 aliphatic heterocycles. The Hall–Kier alpha value is -2.96. The van der Waals surface area contributed by atoms with E-state index in [1.165, 1.54) is 6.07 Å². The van der Waals surface area contributed by atoms with Crippen LogP contribution in [0.3, 0.4) is 0 Å². The van der Waals surface area contributed by atoms with Crippen molar-refractivity contribution >= 4 is 22.6 Å². The van der Waals surface area contributed by atoms with Crippen LogP contribution in [0.15, 0.2) is 48.7 Å². The number of aryl methyl sites for hydroxylation is 2. The standard InChI is InChI=1S/C25H22ClFN4O/c1-14-3-5-20-23(19-6-4-18(26)13-21(19)27)30-24(31-25(20)29-14)17-8-10-32-22(12-17)16-7-9-28-15(2)11-16/h3-7,9,11,13,17,22H,8,10,12H2,1-2H3/t17-,22+/m1/s1. The largest absolute Gasteiger partial charge is 0.373 e. The Bertz CT molecular complexity index is 1310. The average molecular weight is 449 g/mol. The van der Waals surface area contributed by atoms with Crippen molar-refractivity contribution in [1.82, 2.24) is 19.9 Å². The second kappa shape index (κ2) is 8.52. The molecule has 5 rings (SSSR count). The zero-order valence-corrected chi connectivity index (χ0v) is 18.6. The molecule has 3 aromatic heterocycles. The molecule has 1 saturated heterocycles. The highest BCUT2D eigenvalue weighted by molar-refractivity contribution is 6.30. The molecule has 0 amide bonds. The van der Waals surface area contributed by atoms with Gasteiger partial charge in [0.25, 0.3) is 0 Å². The Labute approximate surface area is 190 Å². The predicted octanol–water partition coefficient (Wildman–Crippen LogP) is 6.13. The van der Waals surface area contributed by atoms with E-state index in [0.29, 0.717) is 39.7 Å². The van der Waals surface area contributed by atoms with Gasteiger partial charge in [-0.05, 0) is 74.7 Å². The van der Waals surface area contributed by atoms with Crippen LogP contribution in [0.4, 0.5) is 4.39 Å². The second-order valence-corrected chi connectivity index (χ2v) is 8.63. The van der Waals surface area contributed by atoms with E-state index in [-0.39, 0.29) is 12.0 Å². The Balaban J connectivity index is 1.59. The molecule has 0 spiro atoms. The number of nitrogens with zero attached hydrogens (tertiary/aromatic N) is 4. The van der Waals surface area contributed by atoms with Gasteiger partial charge >= 0.3 is 0 Å². The van der Waals surface area contributed by atoms with Crippen molar-refractivity contribution in [3.8, 4) is 11.3 Å². The first kappa shape index (κ1) is 20.9. The van der Waals surface area contributed by atoms with Gasteiger partial charge in [-0.25, -0.2) is 19.3 Å². The lowest BCUT2D eigenvalue weighted by Crippen LogP contribution is -2.21. The highest BCUT2D eigenvalue weighted by Gasteiger charge is 2.28. The minimum absolute atomic E-state index is 0.0593. The molecule has 0 saturated carbocycles. The van der Waals surface area contributed by atoms with Gasteiger partial charge in [-0.1, -0.05) is 11.6 Å². The highest BCUT2D eigenvalue weighted by atomic mass is 35.5. The zero-order chi connectivity index (χ0) is 22.2. The number of halogens is 2. The molecular weight excluding hydrogens is 427 g/mol. The van der Waals surface area contributed by atoms with E-state index in [4.69, 9.17) is 26.3 Å². The van der Waals surface area contributed by atoms with Gasteiger partial charge in [0.05, 0.1) is 11.8 Å². The topological polar surface area (TPSA) is 60.8 Å². The van der Waals surface area contributed by atoms with Crippen molar-refractivity contribution in [3.63, 3.8) is 0 Å². The van der Waals surface area contributed by atoms with Gasteiger partial charge in [0.1, 0.15) is 11.6 Å². The Morgan fingerprint density at radius 2 is 1.88 bits per heavy atom. The zero-order valence-electron chi connectivity index (χ0n) is 17.8. The monoisotopic (exact) mass is 448 g/mol. The molecule has 0 bridgehead atoms. The van der Waals surface area contributed by atoms with Gasteiger partial charge in [0.2, 0.25) is 0 Å². The number of hydrogen-bond donors (Lipinski definition) is 0. The fourth-order valence-corrected chi connectivity index (χ4v) is 4.38. The lowest BCUT2D eigenvalue weighted by molar-refractivity contribution is 0.00393. The first-order valence-corrected chi connectivity index (χ1v) is 11.0. The first-order chi connectivity index (χ1) is 15.5. The summed E-state index contributed by atoms with van der Waals surface area (Å²) in [5, 5.41) is 1.06. The summed E-state index contributed by atoms with van der Waals surface area (Å²) in [5.41, 5.74) is 4.40. The number of benzene rings is 1. The molecule has 7 heteroatoms. The summed E-state index contributed by atoms with van der Waals surface area (Å²) in [7, 11) is 0. The molecule has 4 aromatic rings. The van der Waals surface area contributed by atoms with Crippen LogP contribution in [0.25, 0.3) is 22.3 Å². The van der Waals surface area contributed by atoms with E-state index in [2.05, 4.69) is 9.97 Å². The quantitative estimate of drug-likeness (QED) is 0.377. The van der Waals surface area contributed by atoms with Crippen molar-refractivity contribution in [2.24, 2.45) is 0 Å². The minimum Gasteiger partial charge on any atom is -0.373 e. The van der Waals surface area contributed by atoms with E-state index in [1.807, 2.05) is 38.1 Å². The summed E-state index contributed by atoms with van der Waals surface area (Å²) >= 11 is 5.98. The minimum atomic E-state index is -0.416. The molecule has 2 atom stereocenters. The molecule has 1 aliphatic rings. The maximum Gasteiger partial charge on any atom is 0.163 e. The van der Waals surface area contributed by atoms with Gasteiger partial charge in [0, 0.05) is 46.1 Å². The maximum atomic E-state index is 14.8. The van der Waals surface area contributed by atoms with Crippen molar-refractivity contribution in [3.05, 3.63) is 82.3 Å². The molecule has 1 fully saturated rings. The summed E-state index contributed by atoms with van der Waals surface area (Å²) in [6, 6.07) is 12.5. The molecule has 1 aromatic carbocycles. The lowest BCUT2D eigenvalue weighted by atomic mass is 9.91. The Morgan fingerprint density at radius 3 is 2.69 bits per heavy atom. The molecule has 0 unspecified atom stereocenters. The highest BCUT2D eigenvalue weighted by Crippen LogP contribution is 2.38. The summed E-state index contributed by atoms with van der Waals surface area (Å²) in [5.74, 6) is 0.322. The summed E-state index contributed by atoms with van der Waals surface area (Å²) in [4.78, 5) is 18.6. The van der Waals surface area contributed by atoms with Gasteiger partial charge in [0.15, 0.2) is 5.65 Å². The first-order valence-electron chi connectivity index (χ1n) is 10.6. The number of rotatable bonds is 3. The van der Waals surface area contributed by atoms with Crippen molar-refractivity contribution in [2.45, 2.75) is 38.7 Å². The van der Waals surface area contributed by atoms with Crippen LogP contribution >= 0.6 is 11.6 Å². The van der Waals surface area contributed by atoms with E-state index in [0.717, 1.165) is 29.8 Å². The predicted molar refractivity (Wildman–Crippen MR) is 122 cm³/mol. The molecule has 0 radical (unpaired) electrons. The van der Waals surface area contributed by atoms with E-state index in [1.54, 1.807) is 18.3 Å². The van der Waals surface area contributed by atoms with Gasteiger partial charge in [-0.2, -0.15) is 0 Å². The number of fused-ring (bicyclic) bond motifs is 1. The molecule has 4 heterocycles. The SMILES string of the molecule is Cc1cc([C@@H]2C[C@H](c3nc(-c4ccc(Cl)cc4F)c4ccc(C)nc4n3)CCO2)ccn1. The van der Waals surface area contributed by atoms with Crippen LogP contribution in [-0.2, 0) is 4.74 Å². The molecule has 0 aliphatic carbocycles. The fourth-order valence-electron chi connectivity index (χ4n) is 4.22. The number of hydrogen-bond acceptors (Lipinski definition) is 5. The van der Waals surface area contributed by atoms with Crippen molar-refractivity contribution in [2.75, 3.05) is 6.61 Å². The van der Waals surface area contributed by atoms with Crippen LogP contribution in [0.5, 0.6) is 0 Å². The average Bonchev–Trinajstić information content (AvgIpc) is 2.78. The van der Waals surface area contributed by atoms with Gasteiger partial charge in [-0.3, -0.25) is 4.98 Å². The molecule has 0 N–H and O–H groups in total. The third-order valence-electron chi connectivity index (χ3n) is 5.84. The normalized spacial score (nSPS) is 18.8. The van der Waals surface area contributed by atoms with Crippen LogP contribution in [0, 0.1) is 19.7 Å². The van der Waals surface area contributed by atoms with Gasteiger partial charge < -0.3 is 4.74 Å². The molecule has 32 heavy (non-hydrogen) atoms. The number of pyridine rings is 2. The van der Waals surface area contributed by atoms with Crippen LogP contribution in [-0.4, -0.2) is 26.5 Å².